The Labute approximate surface area is 188 Å². The normalized spacial score (nSPS) is 11.1. The summed E-state index contributed by atoms with van der Waals surface area (Å²) in [6.45, 7) is 4.14. The van der Waals surface area contributed by atoms with Crippen LogP contribution < -0.4 is 24.8 Å². The summed E-state index contributed by atoms with van der Waals surface area (Å²) in [7, 11) is -0.662. The molecule has 9 nitrogen and oxygen atoms in total. The van der Waals surface area contributed by atoms with Crippen LogP contribution in [0.5, 0.6) is 11.5 Å². The fraction of sp³-hybridized carbons (Fsp3) is 0.273. The first-order valence-electron chi connectivity index (χ1n) is 9.95. The number of aryl methyl sites for hydroxylation is 2. The van der Waals surface area contributed by atoms with Gasteiger partial charge in [-0.1, -0.05) is 6.07 Å². The first-order valence-corrected chi connectivity index (χ1v) is 11.4. The van der Waals surface area contributed by atoms with Crippen molar-refractivity contribution in [2.45, 2.75) is 18.7 Å². The molecule has 0 aliphatic carbocycles. The van der Waals surface area contributed by atoms with Gasteiger partial charge in [0.2, 0.25) is 16.0 Å². The summed E-state index contributed by atoms with van der Waals surface area (Å²) in [6.07, 6.45) is 0. The van der Waals surface area contributed by atoms with E-state index >= 15 is 0 Å². The van der Waals surface area contributed by atoms with Gasteiger partial charge < -0.3 is 20.1 Å². The maximum absolute atomic E-state index is 12.7. The molecule has 0 saturated heterocycles. The number of aromatic nitrogens is 2. The first-order chi connectivity index (χ1) is 15.3. The van der Waals surface area contributed by atoms with E-state index in [1.165, 1.54) is 7.11 Å². The summed E-state index contributed by atoms with van der Waals surface area (Å²) in [4.78, 5) is 8.90. The van der Waals surface area contributed by atoms with Crippen molar-refractivity contribution in [3.8, 4) is 11.5 Å². The number of hydrogen-bond acceptors (Lipinski definition) is 8. The van der Waals surface area contributed by atoms with Gasteiger partial charge in [-0.05, 0) is 55.8 Å². The Balaban J connectivity index is 1.60. The molecule has 0 fully saturated rings. The molecule has 0 unspecified atom stereocenters. The molecule has 3 aromatic rings. The van der Waals surface area contributed by atoms with Crippen molar-refractivity contribution < 1.29 is 17.9 Å². The van der Waals surface area contributed by atoms with Crippen LogP contribution in [-0.4, -0.2) is 45.7 Å². The monoisotopic (exact) mass is 457 g/mol. The molecule has 2 aromatic carbocycles. The predicted molar refractivity (Wildman–Crippen MR) is 124 cm³/mol. The number of methoxy groups -OCH3 is 2. The van der Waals surface area contributed by atoms with Crippen molar-refractivity contribution >= 4 is 27.5 Å². The molecule has 0 radical (unpaired) electrons. The predicted octanol–water partition coefficient (Wildman–Crippen LogP) is 3.24. The fourth-order valence-electron chi connectivity index (χ4n) is 2.97. The minimum atomic E-state index is -3.72. The van der Waals surface area contributed by atoms with Gasteiger partial charge in [0, 0.05) is 30.5 Å². The molecule has 1 heterocycles. The number of hydrogen-bond donors (Lipinski definition) is 3. The number of nitrogens with zero attached hydrogens (tertiary/aromatic N) is 2. The Kier molecular flexibility index (Phi) is 7.49. The molecule has 32 heavy (non-hydrogen) atoms. The topological polar surface area (TPSA) is 114 Å². The average Bonchev–Trinajstić information content (AvgIpc) is 2.77. The van der Waals surface area contributed by atoms with E-state index in [1.807, 2.05) is 44.2 Å². The third-order valence-corrected chi connectivity index (χ3v) is 6.01. The summed E-state index contributed by atoms with van der Waals surface area (Å²) in [5.41, 5.74) is 2.45. The number of benzene rings is 2. The molecular formula is C22H27N5O4S. The van der Waals surface area contributed by atoms with Crippen molar-refractivity contribution in [2.24, 2.45) is 0 Å². The van der Waals surface area contributed by atoms with Crippen LogP contribution in [-0.2, 0) is 10.0 Å². The molecule has 0 aliphatic rings. The quantitative estimate of drug-likeness (QED) is 0.398. The van der Waals surface area contributed by atoms with Crippen molar-refractivity contribution in [1.82, 2.24) is 14.7 Å². The number of sulfonamides is 1. The van der Waals surface area contributed by atoms with Gasteiger partial charge in [0.1, 0.15) is 22.2 Å². The second-order valence-corrected chi connectivity index (χ2v) is 8.79. The van der Waals surface area contributed by atoms with Gasteiger partial charge in [-0.3, -0.25) is 0 Å². The number of nitrogens with one attached hydrogen (secondary N) is 3. The third kappa shape index (κ3) is 6.08. The number of anilines is 3. The molecule has 0 aliphatic heterocycles. The van der Waals surface area contributed by atoms with Crippen LogP contribution >= 0.6 is 0 Å². The van der Waals surface area contributed by atoms with Crippen molar-refractivity contribution in [1.29, 1.82) is 0 Å². The maximum Gasteiger partial charge on any atom is 0.244 e. The highest BCUT2D eigenvalue weighted by atomic mass is 32.2. The second kappa shape index (κ2) is 10.3. The second-order valence-electron chi connectivity index (χ2n) is 7.05. The summed E-state index contributed by atoms with van der Waals surface area (Å²) in [5, 5.41) is 6.27. The van der Waals surface area contributed by atoms with E-state index < -0.39 is 10.0 Å². The zero-order chi connectivity index (χ0) is 23.1. The van der Waals surface area contributed by atoms with Crippen LogP contribution in [0.4, 0.5) is 17.5 Å². The average molecular weight is 458 g/mol. The molecule has 0 atom stereocenters. The highest BCUT2D eigenvalue weighted by Gasteiger charge is 2.19. The van der Waals surface area contributed by atoms with Crippen LogP contribution in [0.2, 0.25) is 0 Å². The Hall–Kier alpha value is -3.37. The Morgan fingerprint density at radius 3 is 2.34 bits per heavy atom. The molecule has 0 spiro atoms. The zero-order valence-electron chi connectivity index (χ0n) is 18.5. The summed E-state index contributed by atoms with van der Waals surface area (Å²) in [6, 6.07) is 14.3. The third-order valence-electron chi connectivity index (χ3n) is 4.53. The molecule has 0 amide bonds. The van der Waals surface area contributed by atoms with E-state index in [4.69, 9.17) is 9.47 Å². The lowest BCUT2D eigenvalue weighted by Crippen LogP contribution is -2.29. The number of rotatable bonds is 10. The van der Waals surface area contributed by atoms with Crippen molar-refractivity contribution in [2.75, 3.05) is 37.9 Å². The van der Waals surface area contributed by atoms with E-state index in [2.05, 4.69) is 25.3 Å². The molecule has 0 bridgehead atoms. The lowest BCUT2D eigenvalue weighted by molar-refractivity contribution is 0.402. The maximum atomic E-state index is 12.7. The highest BCUT2D eigenvalue weighted by Crippen LogP contribution is 2.24. The highest BCUT2D eigenvalue weighted by molar-refractivity contribution is 7.89. The largest absolute Gasteiger partial charge is 0.497 e. The lowest BCUT2D eigenvalue weighted by atomic mass is 10.2. The van der Waals surface area contributed by atoms with Crippen molar-refractivity contribution in [3.05, 3.63) is 59.8 Å². The lowest BCUT2D eigenvalue weighted by Gasteiger charge is -2.13. The van der Waals surface area contributed by atoms with Gasteiger partial charge >= 0.3 is 0 Å². The Morgan fingerprint density at radius 1 is 0.906 bits per heavy atom. The molecule has 3 N–H and O–H groups in total. The molecule has 10 heteroatoms. The van der Waals surface area contributed by atoms with E-state index in [-0.39, 0.29) is 11.4 Å². The van der Waals surface area contributed by atoms with Gasteiger partial charge in [-0.2, -0.15) is 4.98 Å². The van der Waals surface area contributed by atoms with Gasteiger partial charge in [-0.25, -0.2) is 18.1 Å². The minimum absolute atomic E-state index is 0.109. The molecule has 0 saturated carbocycles. The van der Waals surface area contributed by atoms with E-state index in [0.29, 0.717) is 24.1 Å². The Morgan fingerprint density at radius 2 is 1.66 bits per heavy atom. The zero-order valence-corrected chi connectivity index (χ0v) is 19.3. The van der Waals surface area contributed by atoms with Crippen LogP contribution in [0.15, 0.2) is 53.4 Å². The molecular weight excluding hydrogens is 430 g/mol. The van der Waals surface area contributed by atoms with Crippen LogP contribution in [0, 0.1) is 13.8 Å². The van der Waals surface area contributed by atoms with E-state index in [9.17, 15) is 8.42 Å². The van der Waals surface area contributed by atoms with Gasteiger partial charge in [0.15, 0.2) is 0 Å². The van der Waals surface area contributed by atoms with E-state index in [1.54, 1.807) is 25.3 Å². The summed E-state index contributed by atoms with van der Waals surface area (Å²) < 4.78 is 38.2. The fourth-order valence-corrected chi connectivity index (χ4v) is 4.25. The SMILES string of the molecule is COc1ccc(Nc2cc(C)nc(NCCNS(=O)(=O)c3cc(C)ccc3OC)n2)cc1. The first kappa shape index (κ1) is 23.3. The van der Waals surface area contributed by atoms with Gasteiger partial charge in [0.05, 0.1) is 14.2 Å². The smallest absolute Gasteiger partial charge is 0.244 e. The van der Waals surface area contributed by atoms with Crippen LogP contribution in [0.1, 0.15) is 11.3 Å². The van der Waals surface area contributed by atoms with Crippen LogP contribution in [0.25, 0.3) is 0 Å². The summed E-state index contributed by atoms with van der Waals surface area (Å²) >= 11 is 0. The molecule has 3 rings (SSSR count). The molecule has 1 aromatic heterocycles. The Bertz CT molecular complexity index is 1170. The minimum Gasteiger partial charge on any atom is -0.497 e. The van der Waals surface area contributed by atoms with Gasteiger partial charge in [-0.15, -0.1) is 0 Å². The standard InChI is InChI=1S/C22H27N5O4S/c1-15-5-10-19(31-4)20(13-15)32(28,29)24-12-11-23-22-25-16(2)14-21(27-22)26-17-6-8-18(30-3)9-7-17/h5-10,13-14,24H,11-12H2,1-4H3,(H2,23,25,26,27). The van der Waals surface area contributed by atoms with E-state index in [0.717, 1.165) is 22.7 Å². The molecule has 170 valence electrons. The summed E-state index contributed by atoms with van der Waals surface area (Å²) in [5.74, 6) is 2.08. The number of ether oxygens (including phenoxy) is 2. The van der Waals surface area contributed by atoms with Crippen LogP contribution in [0.3, 0.4) is 0 Å². The van der Waals surface area contributed by atoms with Crippen molar-refractivity contribution in [3.63, 3.8) is 0 Å². The van der Waals surface area contributed by atoms with Gasteiger partial charge in [0.25, 0.3) is 0 Å².